The molecule has 5 heterocycles. The fourth-order valence-electron chi connectivity index (χ4n) is 5.92. The van der Waals surface area contributed by atoms with Crippen molar-refractivity contribution < 1.29 is 4.79 Å². The first-order valence-corrected chi connectivity index (χ1v) is 15.1. The van der Waals surface area contributed by atoms with Crippen molar-refractivity contribution in [3.05, 3.63) is 82.2 Å². The van der Waals surface area contributed by atoms with Crippen LogP contribution in [0.25, 0.3) is 39.3 Å². The van der Waals surface area contributed by atoms with E-state index in [-0.39, 0.29) is 5.91 Å². The molecule has 5 aromatic heterocycles. The van der Waals surface area contributed by atoms with Gasteiger partial charge in [0.25, 0.3) is 0 Å². The van der Waals surface area contributed by atoms with Crippen molar-refractivity contribution in [3.8, 4) is 22.6 Å². The summed E-state index contributed by atoms with van der Waals surface area (Å²) in [7, 11) is 0. The first-order valence-electron chi connectivity index (χ1n) is 14.2. The van der Waals surface area contributed by atoms with E-state index >= 15 is 0 Å². The number of carbonyl (C=O) groups is 1. The summed E-state index contributed by atoms with van der Waals surface area (Å²) < 4.78 is 0. The van der Waals surface area contributed by atoms with Crippen molar-refractivity contribution in [3.63, 3.8) is 0 Å². The average Bonchev–Trinajstić information content (AvgIpc) is 3.73. The zero-order chi connectivity index (χ0) is 27.8. The molecule has 0 spiro atoms. The summed E-state index contributed by atoms with van der Waals surface area (Å²) in [5.74, 6) is 1.27. The molecule has 1 amide bonds. The van der Waals surface area contributed by atoms with Gasteiger partial charge < -0.3 is 10.3 Å². The third-order valence-corrected chi connectivity index (χ3v) is 8.91. The summed E-state index contributed by atoms with van der Waals surface area (Å²) in [5.41, 5.74) is 8.30. The normalized spacial score (nSPS) is 15.7. The summed E-state index contributed by atoms with van der Waals surface area (Å²) in [6.45, 7) is 2.14. The molecule has 3 N–H and O–H groups in total. The van der Waals surface area contributed by atoms with Gasteiger partial charge in [0, 0.05) is 52.5 Å². The van der Waals surface area contributed by atoms with E-state index in [1.165, 1.54) is 29.7 Å². The Labute approximate surface area is 242 Å². The number of hydrogen-bond acceptors (Lipinski definition) is 6. The third-order valence-electron chi connectivity index (χ3n) is 8.01. The number of allylic oxidation sites excluding steroid dienone is 3. The molecule has 8 nitrogen and oxygen atoms in total. The van der Waals surface area contributed by atoms with Crippen LogP contribution >= 0.6 is 11.3 Å². The number of H-pyrrole nitrogens is 2. The van der Waals surface area contributed by atoms with E-state index in [0.29, 0.717) is 23.7 Å². The molecule has 0 bridgehead atoms. The summed E-state index contributed by atoms with van der Waals surface area (Å²) in [6, 6.07) is 8.21. The first kappa shape index (κ1) is 25.6. The van der Waals surface area contributed by atoms with Crippen LogP contribution in [0.5, 0.6) is 0 Å². The van der Waals surface area contributed by atoms with Crippen LogP contribution in [-0.2, 0) is 11.2 Å². The lowest BCUT2D eigenvalue weighted by atomic mass is 9.87. The fraction of sp³-hybridized carbons (Fsp3) is 0.281. The lowest BCUT2D eigenvalue weighted by Gasteiger charge is -2.20. The van der Waals surface area contributed by atoms with E-state index in [1.54, 1.807) is 29.9 Å². The molecule has 7 rings (SSSR count). The number of aromatic nitrogens is 6. The minimum atomic E-state index is 0.0557. The van der Waals surface area contributed by atoms with Gasteiger partial charge in [0.15, 0.2) is 11.5 Å². The predicted octanol–water partition coefficient (Wildman–Crippen LogP) is 7.31. The number of carbonyl (C=O) groups excluding carboxylic acids is 1. The highest BCUT2D eigenvalue weighted by Gasteiger charge is 2.22. The third kappa shape index (κ3) is 5.25. The van der Waals surface area contributed by atoms with E-state index < -0.39 is 0 Å². The molecule has 2 aliphatic carbocycles. The van der Waals surface area contributed by atoms with Gasteiger partial charge in [0.05, 0.1) is 23.0 Å². The molecule has 0 radical (unpaired) electrons. The molecule has 1 fully saturated rings. The number of imidazole rings is 1. The van der Waals surface area contributed by atoms with Gasteiger partial charge in [-0.2, -0.15) is 5.10 Å². The number of anilines is 1. The van der Waals surface area contributed by atoms with Crippen LogP contribution in [0.15, 0.2) is 66.0 Å². The molecule has 5 aromatic rings. The number of hydrogen-bond donors (Lipinski definition) is 3. The molecule has 41 heavy (non-hydrogen) atoms. The van der Waals surface area contributed by atoms with Gasteiger partial charge in [-0.1, -0.05) is 43.1 Å². The predicted molar refractivity (Wildman–Crippen MR) is 163 cm³/mol. The summed E-state index contributed by atoms with van der Waals surface area (Å²) in [5, 5.41) is 13.6. The summed E-state index contributed by atoms with van der Waals surface area (Å²) in [6.07, 6.45) is 17.0. The average molecular weight is 562 g/mol. The number of rotatable bonds is 6. The molecular weight excluding hydrogens is 530 g/mol. The zero-order valence-corrected chi connectivity index (χ0v) is 23.7. The van der Waals surface area contributed by atoms with Crippen molar-refractivity contribution >= 4 is 39.5 Å². The Hall–Kier alpha value is -4.37. The van der Waals surface area contributed by atoms with E-state index in [2.05, 4.69) is 73.1 Å². The molecule has 2 aliphatic rings. The zero-order valence-electron chi connectivity index (χ0n) is 22.9. The van der Waals surface area contributed by atoms with Gasteiger partial charge in [-0.25, -0.2) is 9.97 Å². The van der Waals surface area contributed by atoms with Crippen LogP contribution in [0.4, 0.5) is 5.69 Å². The second kappa shape index (κ2) is 10.9. The van der Waals surface area contributed by atoms with Crippen molar-refractivity contribution in [1.29, 1.82) is 0 Å². The monoisotopic (exact) mass is 561 g/mol. The van der Waals surface area contributed by atoms with Crippen LogP contribution in [0, 0.1) is 5.92 Å². The highest BCUT2D eigenvalue weighted by molar-refractivity contribution is 7.11. The molecule has 0 unspecified atom stereocenters. The highest BCUT2D eigenvalue weighted by atomic mass is 32.1. The number of thiophene rings is 1. The van der Waals surface area contributed by atoms with Gasteiger partial charge in [0.1, 0.15) is 5.69 Å². The topological polar surface area (TPSA) is 112 Å². The van der Waals surface area contributed by atoms with Crippen LogP contribution in [0.2, 0.25) is 0 Å². The SMILES string of the molecule is CC1=CC=C(c2cccs2)c2nc(-c3[nH]nc4ncc(-c5cncc(NC(=O)CC6CCCCC6)c5)cc34)[nH]c2C1. The Morgan fingerprint density at radius 3 is 2.83 bits per heavy atom. The number of nitrogens with one attached hydrogen (secondary N) is 3. The molecule has 206 valence electrons. The van der Waals surface area contributed by atoms with E-state index in [4.69, 9.17) is 4.98 Å². The van der Waals surface area contributed by atoms with Crippen LogP contribution in [0.3, 0.4) is 0 Å². The molecule has 0 atom stereocenters. The Morgan fingerprint density at radius 1 is 1.10 bits per heavy atom. The first-order chi connectivity index (χ1) is 20.1. The second-order valence-corrected chi connectivity index (χ2v) is 12.0. The Balaban J connectivity index is 1.18. The molecule has 0 saturated heterocycles. The van der Waals surface area contributed by atoms with Crippen molar-refractivity contribution in [1.82, 2.24) is 30.1 Å². The summed E-state index contributed by atoms with van der Waals surface area (Å²) >= 11 is 1.71. The Kier molecular flexibility index (Phi) is 6.80. The maximum Gasteiger partial charge on any atom is 0.224 e. The fourth-order valence-corrected chi connectivity index (χ4v) is 6.67. The lowest BCUT2D eigenvalue weighted by Crippen LogP contribution is -2.18. The van der Waals surface area contributed by atoms with Gasteiger partial charge in [-0.15, -0.1) is 11.3 Å². The van der Waals surface area contributed by atoms with Crippen molar-refractivity contribution in [2.75, 3.05) is 5.32 Å². The smallest absolute Gasteiger partial charge is 0.224 e. The maximum absolute atomic E-state index is 12.7. The Bertz CT molecular complexity index is 1790. The lowest BCUT2D eigenvalue weighted by molar-refractivity contribution is -0.117. The van der Waals surface area contributed by atoms with E-state index in [0.717, 1.165) is 64.3 Å². The second-order valence-electron chi connectivity index (χ2n) is 11.1. The van der Waals surface area contributed by atoms with Crippen LogP contribution in [-0.4, -0.2) is 36.0 Å². The molecule has 1 saturated carbocycles. The van der Waals surface area contributed by atoms with Crippen LogP contribution < -0.4 is 5.32 Å². The van der Waals surface area contributed by atoms with Crippen molar-refractivity contribution in [2.45, 2.75) is 51.9 Å². The quantitative estimate of drug-likeness (QED) is 0.201. The number of pyridine rings is 2. The number of nitrogens with zero attached hydrogens (tertiary/aromatic N) is 4. The molecular formula is C32H31N7OS. The molecule has 0 aliphatic heterocycles. The Morgan fingerprint density at radius 2 is 1.98 bits per heavy atom. The minimum absolute atomic E-state index is 0.0557. The largest absolute Gasteiger partial charge is 0.340 e. The highest BCUT2D eigenvalue weighted by Crippen LogP contribution is 2.35. The number of fused-ring (bicyclic) bond motifs is 2. The van der Waals surface area contributed by atoms with Crippen molar-refractivity contribution in [2.24, 2.45) is 5.92 Å². The van der Waals surface area contributed by atoms with E-state index in [1.807, 2.05) is 6.07 Å². The number of aromatic amines is 2. The van der Waals surface area contributed by atoms with E-state index in [9.17, 15) is 4.79 Å². The molecule has 0 aromatic carbocycles. The van der Waals surface area contributed by atoms with Gasteiger partial charge in [-0.05, 0) is 49.3 Å². The number of amides is 1. The van der Waals surface area contributed by atoms with Gasteiger partial charge in [0.2, 0.25) is 5.91 Å². The van der Waals surface area contributed by atoms with Crippen LogP contribution in [0.1, 0.15) is 61.7 Å². The summed E-state index contributed by atoms with van der Waals surface area (Å²) in [4.78, 5) is 31.6. The van der Waals surface area contributed by atoms with Gasteiger partial charge in [-0.3, -0.25) is 14.9 Å². The van der Waals surface area contributed by atoms with Gasteiger partial charge >= 0.3 is 0 Å². The minimum Gasteiger partial charge on any atom is -0.340 e. The standard InChI is InChI=1S/C32H31N7OS/c1-19-9-10-24(27-8-5-11-41-27)29-26(12-19)36-32(37-29)30-25-15-22(17-34-31(25)39-38-30)21-14-23(18-33-16-21)35-28(40)13-20-6-3-2-4-7-20/h5,8-11,14-18,20H,2-4,6-7,12-13H2,1H3,(H,35,40)(H,36,37)(H,34,38,39). The maximum atomic E-state index is 12.7. The molecule has 9 heteroatoms.